The number of carbonyl (C=O) groups is 1. The molecule has 0 saturated heterocycles. The summed E-state index contributed by atoms with van der Waals surface area (Å²) in [5.74, 6) is -1.70. The fourth-order valence-electron chi connectivity index (χ4n) is 2.45. The fourth-order valence-corrected chi connectivity index (χ4v) is 2.69. The van der Waals surface area contributed by atoms with Crippen LogP contribution in [0.15, 0.2) is 46.8 Å². The lowest BCUT2D eigenvalue weighted by Gasteiger charge is -2.28. The van der Waals surface area contributed by atoms with Crippen LogP contribution in [0, 0.1) is 11.3 Å². The van der Waals surface area contributed by atoms with Crippen LogP contribution in [-0.4, -0.2) is 11.1 Å². The van der Waals surface area contributed by atoms with Gasteiger partial charge in [0, 0.05) is 16.4 Å². The van der Waals surface area contributed by atoms with Gasteiger partial charge >= 0.3 is 5.97 Å². The second-order valence-electron chi connectivity index (χ2n) is 4.57. The van der Waals surface area contributed by atoms with Crippen molar-refractivity contribution in [1.82, 2.24) is 5.32 Å². The third kappa shape index (κ3) is 2.28. The number of carboxylic acid groups (broad SMARTS) is 1. The minimum absolute atomic E-state index is 0.153. The highest BCUT2D eigenvalue weighted by molar-refractivity contribution is 6.31. The Balaban J connectivity index is 2.71. The van der Waals surface area contributed by atoms with Crippen LogP contribution in [0.5, 0.6) is 0 Å². The molecule has 1 heterocycles. The van der Waals surface area contributed by atoms with Crippen molar-refractivity contribution in [2.75, 3.05) is 0 Å². The van der Waals surface area contributed by atoms with Gasteiger partial charge in [0.1, 0.15) is 0 Å². The number of nitriles is 1. The molecule has 0 spiro atoms. The Bertz CT molecular complexity index is 683. The lowest BCUT2D eigenvalue weighted by molar-refractivity contribution is -0.133. The van der Waals surface area contributed by atoms with Gasteiger partial charge in [-0.3, -0.25) is 0 Å². The maximum Gasteiger partial charge on any atom is 0.334 e. The maximum absolute atomic E-state index is 11.6. The van der Waals surface area contributed by atoms with Gasteiger partial charge in [0.25, 0.3) is 0 Å². The Hall–Kier alpha value is -2.25. The number of hydrogen-bond donors (Lipinski definition) is 2. The van der Waals surface area contributed by atoms with Gasteiger partial charge in [-0.2, -0.15) is 5.26 Å². The van der Waals surface area contributed by atoms with E-state index < -0.39 is 11.9 Å². The second-order valence-corrected chi connectivity index (χ2v) is 4.98. The van der Waals surface area contributed by atoms with Crippen molar-refractivity contribution in [3.63, 3.8) is 0 Å². The number of nitrogens with zero attached hydrogens (tertiary/aromatic N) is 1. The van der Waals surface area contributed by atoms with Gasteiger partial charge in [-0.15, -0.1) is 0 Å². The Kier molecular flexibility index (Phi) is 3.82. The number of nitrogens with one attached hydrogen (secondary N) is 1. The molecular weight excluding hydrogens is 276 g/mol. The molecule has 5 heteroatoms. The molecule has 0 saturated carbocycles. The molecule has 1 aromatic carbocycles. The molecule has 0 bridgehead atoms. The Labute approximate surface area is 122 Å². The van der Waals surface area contributed by atoms with Crippen LogP contribution in [0.3, 0.4) is 0 Å². The van der Waals surface area contributed by atoms with Gasteiger partial charge in [-0.05, 0) is 25.5 Å². The highest BCUT2D eigenvalue weighted by Crippen LogP contribution is 2.40. The molecule has 1 aromatic rings. The van der Waals surface area contributed by atoms with Gasteiger partial charge in [0.15, 0.2) is 0 Å². The minimum Gasteiger partial charge on any atom is -0.478 e. The van der Waals surface area contributed by atoms with Crippen LogP contribution in [0.1, 0.15) is 25.3 Å². The molecule has 20 heavy (non-hydrogen) atoms. The molecule has 0 radical (unpaired) electrons. The minimum atomic E-state index is -1.06. The van der Waals surface area contributed by atoms with E-state index in [0.717, 1.165) is 0 Å². The van der Waals surface area contributed by atoms with Crippen molar-refractivity contribution in [1.29, 1.82) is 5.26 Å². The topological polar surface area (TPSA) is 73.1 Å². The van der Waals surface area contributed by atoms with Crippen LogP contribution >= 0.6 is 11.6 Å². The van der Waals surface area contributed by atoms with E-state index in [1.165, 1.54) is 0 Å². The number of allylic oxidation sites excluding steroid dienone is 3. The summed E-state index contributed by atoms with van der Waals surface area (Å²) in [5.41, 5.74) is 2.34. The van der Waals surface area contributed by atoms with Crippen LogP contribution < -0.4 is 5.32 Å². The predicted molar refractivity (Wildman–Crippen MR) is 76.0 cm³/mol. The average molecular weight is 289 g/mol. The third-order valence-electron chi connectivity index (χ3n) is 3.33. The lowest BCUT2D eigenvalue weighted by atomic mass is 9.81. The summed E-state index contributed by atoms with van der Waals surface area (Å²) >= 11 is 6.18. The van der Waals surface area contributed by atoms with Crippen LogP contribution in [0.25, 0.3) is 0 Å². The fraction of sp³-hybridized carbons (Fsp3) is 0.200. The molecule has 1 aliphatic rings. The van der Waals surface area contributed by atoms with Crippen molar-refractivity contribution in [3.8, 4) is 6.07 Å². The number of hydrogen-bond acceptors (Lipinski definition) is 3. The Morgan fingerprint density at radius 2 is 2.00 bits per heavy atom. The maximum atomic E-state index is 11.6. The standard InChI is InChI=1S/C15H13ClN2O2/c1-8-11(7-17)14(10-5-3-4-6-12(10)16)13(15(19)20)9(2)18-8/h3-6,14,18H,1-2H3,(H,19,20). The third-order valence-corrected chi connectivity index (χ3v) is 3.67. The Morgan fingerprint density at radius 3 is 2.55 bits per heavy atom. The predicted octanol–water partition coefficient (Wildman–Crippen LogP) is 3.18. The van der Waals surface area contributed by atoms with Crippen molar-refractivity contribution >= 4 is 17.6 Å². The molecular formula is C15H13ClN2O2. The number of carboxylic acids is 1. The largest absolute Gasteiger partial charge is 0.478 e. The van der Waals surface area contributed by atoms with E-state index in [1.54, 1.807) is 38.1 Å². The van der Waals surface area contributed by atoms with Gasteiger partial charge in [-0.1, -0.05) is 29.8 Å². The first-order chi connectivity index (χ1) is 9.47. The number of aliphatic carboxylic acids is 1. The van der Waals surface area contributed by atoms with E-state index in [9.17, 15) is 15.2 Å². The van der Waals surface area contributed by atoms with Gasteiger partial charge in [0.2, 0.25) is 0 Å². The highest BCUT2D eigenvalue weighted by Gasteiger charge is 2.34. The monoisotopic (exact) mass is 288 g/mol. The van der Waals surface area contributed by atoms with Crippen LogP contribution in [0.2, 0.25) is 5.02 Å². The van der Waals surface area contributed by atoms with E-state index in [-0.39, 0.29) is 5.57 Å². The van der Waals surface area contributed by atoms with E-state index in [2.05, 4.69) is 11.4 Å². The summed E-state index contributed by atoms with van der Waals surface area (Å²) < 4.78 is 0. The summed E-state index contributed by atoms with van der Waals surface area (Å²) in [4.78, 5) is 11.6. The smallest absolute Gasteiger partial charge is 0.334 e. The SMILES string of the molecule is CC1=C(C#N)C(c2ccccc2Cl)C(C(=O)O)=C(C)N1. The molecule has 2 N–H and O–H groups in total. The van der Waals surface area contributed by atoms with Gasteiger partial charge in [-0.25, -0.2) is 4.79 Å². The molecule has 1 unspecified atom stereocenters. The number of rotatable bonds is 2. The molecule has 0 amide bonds. The highest BCUT2D eigenvalue weighted by atomic mass is 35.5. The van der Waals surface area contributed by atoms with Crippen molar-refractivity contribution in [2.24, 2.45) is 0 Å². The Morgan fingerprint density at radius 1 is 1.35 bits per heavy atom. The molecule has 0 fully saturated rings. The zero-order chi connectivity index (χ0) is 14.9. The summed E-state index contributed by atoms with van der Waals surface area (Å²) in [7, 11) is 0. The number of halogens is 1. The summed E-state index contributed by atoms with van der Waals surface area (Å²) in [6.45, 7) is 3.44. The molecule has 102 valence electrons. The summed E-state index contributed by atoms with van der Waals surface area (Å²) in [6.07, 6.45) is 0. The number of dihydropyridines is 1. The molecule has 1 aliphatic heterocycles. The first-order valence-electron chi connectivity index (χ1n) is 6.03. The lowest BCUT2D eigenvalue weighted by Crippen LogP contribution is -2.27. The van der Waals surface area contributed by atoms with E-state index in [0.29, 0.717) is 27.6 Å². The van der Waals surface area contributed by atoms with E-state index >= 15 is 0 Å². The number of benzene rings is 1. The first kappa shape index (κ1) is 14.2. The molecule has 0 aromatic heterocycles. The quantitative estimate of drug-likeness (QED) is 0.876. The molecule has 2 rings (SSSR count). The summed E-state index contributed by atoms with van der Waals surface area (Å²) in [6, 6.07) is 9.09. The zero-order valence-corrected chi connectivity index (χ0v) is 11.8. The van der Waals surface area contributed by atoms with Crippen LogP contribution in [-0.2, 0) is 4.79 Å². The first-order valence-corrected chi connectivity index (χ1v) is 6.41. The van der Waals surface area contributed by atoms with Crippen molar-refractivity contribution < 1.29 is 9.90 Å². The van der Waals surface area contributed by atoms with Gasteiger partial charge < -0.3 is 10.4 Å². The molecule has 1 atom stereocenters. The normalized spacial score (nSPS) is 18.6. The van der Waals surface area contributed by atoms with Crippen molar-refractivity contribution in [2.45, 2.75) is 19.8 Å². The molecule has 4 nitrogen and oxygen atoms in total. The molecule has 0 aliphatic carbocycles. The van der Waals surface area contributed by atoms with E-state index in [1.807, 2.05) is 0 Å². The zero-order valence-electron chi connectivity index (χ0n) is 11.1. The van der Waals surface area contributed by atoms with E-state index in [4.69, 9.17) is 11.6 Å². The summed E-state index contributed by atoms with van der Waals surface area (Å²) in [5, 5.41) is 22.2. The average Bonchev–Trinajstić information content (AvgIpc) is 2.38. The van der Waals surface area contributed by atoms with Crippen LogP contribution in [0.4, 0.5) is 0 Å². The van der Waals surface area contributed by atoms with Crippen molar-refractivity contribution in [3.05, 3.63) is 57.4 Å². The van der Waals surface area contributed by atoms with Gasteiger partial charge in [0.05, 0.1) is 23.1 Å². The second kappa shape index (κ2) is 5.40.